The number of nitrogens with zero attached hydrogens (tertiary/aromatic N) is 6. The molecule has 36 heavy (non-hydrogen) atoms. The Bertz CT molecular complexity index is 1830. The molecular formula is C30H18N6. The van der Waals surface area contributed by atoms with Crippen LogP contribution in [0.15, 0.2) is 109 Å². The lowest BCUT2D eigenvalue weighted by Gasteiger charge is -2.18. The van der Waals surface area contributed by atoms with Gasteiger partial charge in [0.05, 0.1) is 22.4 Å². The summed E-state index contributed by atoms with van der Waals surface area (Å²) in [6, 6.07) is 34.8. The second-order valence-electron chi connectivity index (χ2n) is 8.49. The van der Waals surface area contributed by atoms with Crippen molar-refractivity contribution in [3.63, 3.8) is 0 Å². The number of fused-ring (bicyclic) bond motifs is 3. The molecular weight excluding hydrogens is 444 g/mol. The van der Waals surface area contributed by atoms with E-state index in [1.165, 1.54) is 6.33 Å². The largest absolute Gasteiger partial charge is 0.244 e. The maximum atomic E-state index is 5.21. The van der Waals surface area contributed by atoms with Crippen LogP contribution in [0.1, 0.15) is 0 Å². The van der Waals surface area contributed by atoms with Gasteiger partial charge in [-0.3, -0.25) is 0 Å². The fraction of sp³-hybridized carbons (Fsp3) is 0. The van der Waals surface area contributed by atoms with Crippen LogP contribution in [0.2, 0.25) is 0 Å². The third-order valence-electron chi connectivity index (χ3n) is 6.42. The zero-order chi connectivity index (χ0) is 23.9. The van der Waals surface area contributed by atoms with E-state index in [0.717, 1.165) is 60.7 Å². The van der Waals surface area contributed by atoms with Gasteiger partial charge in [0.2, 0.25) is 5.82 Å². The quantitative estimate of drug-likeness (QED) is 0.278. The van der Waals surface area contributed by atoms with Gasteiger partial charge in [-0.05, 0) is 33.7 Å². The Labute approximate surface area is 206 Å². The molecule has 0 saturated carbocycles. The molecule has 0 aliphatic rings. The highest BCUT2D eigenvalue weighted by atomic mass is 15.3. The number of aromatic nitrogens is 6. The van der Waals surface area contributed by atoms with Crippen LogP contribution >= 0.6 is 0 Å². The van der Waals surface area contributed by atoms with E-state index in [4.69, 9.17) is 9.97 Å². The van der Waals surface area contributed by atoms with Crippen molar-refractivity contribution in [1.29, 1.82) is 0 Å². The molecule has 0 bridgehead atoms. The van der Waals surface area contributed by atoms with Crippen LogP contribution in [0.5, 0.6) is 0 Å². The minimum absolute atomic E-state index is 0.490. The van der Waals surface area contributed by atoms with Gasteiger partial charge in [-0.25, -0.2) is 9.97 Å². The average molecular weight is 463 g/mol. The third-order valence-corrected chi connectivity index (χ3v) is 6.42. The number of rotatable bonds is 3. The predicted octanol–water partition coefficient (Wildman–Crippen LogP) is 6.52. The fourth-order valence-corrected chi connectivity index (χ4v) is 4.90. The van der Waals surface area contributed by atoms with Gasteiger partial charge in [-0.15, -0.1) is 20.4 Å². The molecule has 6 nitrogen and oxygen atoms in total. The number of para-hydroxylation sites is 2. The lowest BCUT2D eigenvalue weighted by atomic mass is 9.88. The SMILES string of the molecule is c1ccc(-c2nc3ccccc3nc2-c2c3ccccc3c(-c3nncnn3)c3ccccc23)cc1. The maximum Gasteiger partial charge on any atom is 0.204 e. The summed E-state index contributed by atoms with van der Waals surface area (Å²) in [5.74, 6) is 0.490. The normalized spacial score (nSPS) is 11.3. The number of hydrogen-bond acceptors (Lipinski definition) is 6. The standard InChI is InChI=1S/C30H18N6/c1-2-10-19(11-3-1)28-29(34-25-17-9-8-16-24(25)33-28)26-20-12-4-6-14-22(20)27(30-35-31-18-32-36-30)23-15-7-5-13-21(23)26/h1-18H. The minimum Gasteiger partial charge on any atom is -0.244 e. The molecule has 0 unspecified atom stereocenters. The molecule has 0 fully saturated rings. The average Bonchev–Trinajstić information content (AvgIpc) is 2.96. The first kappa shape index (κ1) is 20.3. The van der Waals surface area contributed by atoms with E-state index in [0.29, 0.717) is 5.82 Å². The molecule has 2 heterocycles. The summed E-state index contributed by atoms with van der Waals surface area (Å²) in [7, 11) is 0. The predicted molar refractivity (Wildman–Crippen MR) is 142 cm³/mol. The lowest BCUT2D eigenvalue weighted by Crippen LogP contribution is -2.00. The van der Waals surface area contributed by atoms with Crippen molar-refractivity contribution in [3.8, 4) is 33.9 Å². The van der Waals surface area contributed by atoms with Crippen LogP contribution < -0.4 is 0 Å². The van der Waals surface area contributed by atoms with E-state index in [1.54, 1.807) is 0 Å². The second-order valence-corrected chi connectivity index (χ2v) is 8.49. The van der Waals surface area contributed by atoms with Gasteiger partial charge in [0.25, 0.3) is 0 Å². The first-order valence-electron chi connectivity index (χ1n) is 11.7. The van der Waals surface area contributed by atoms with Gasteiger partial charge in [0.15, 0.2) is 6.33 Å². The van der Waals surface area contributed by atoms with Gasteiger partial charge in [0.1, 0.15) is 0 Å². The molecule has 7 rings (SSSR count). The molecule has 0 radical (unpaired) electrons. The highest BCUT2D eigenvalue weighted by Gasteiger charge is 2.22. The Kier molecular flexibility index (Phi) is 4.67. The van der Waals surface area contributed by atoms with E-state index >= 15 is 0 Å². The van der Waals surface area contributed by atoms with Gasteiger partial charge >= 0.3 is 0 Å². The van der Waals surface area contributed by atoms with Crippen molar-refractivity contribution in [2.75, 3.05) is 0 Å². The van der Waals surface area contributed by atoms with E-state index in [9.17, 15) is 0 Å². The number of hydrogen-bond donors (Lipinski definition) is 0. The van der Waals surface area contributed by atoms with Crippen LogP contribution in [-0.2, 0) is 0 Å². The van der Waals surface area contributed by atoms with Crippen LogP contribution in [0.25, 0.3) is 66.5 Å². The molecule has 0 aliphatic carbocycles. The fourth-order valence-electron chi connectivity index (χ4n) is 4.90. The zero-order valence-electron chi connectivity index (χ0n) is 19.1. The molecule has 0 aliphatic heterocycles. The summed E-state index contributed by atoms with van der Waals surface area (Å²) >= 11 is 0. The molecule has 0 saturated heterocycles. The van der Waals surface area contributed by atoms with Crippen molar-refractivity contribution in [2.24, 2.45) is 0 Å². The van der Waals surface area contributed by atoms with Crippen LogP contribution in [-0.4, -0.2) is 30.4 Å². The molecule has 2 aromatic heterocycles. The van der Waals surface area contributed by atoms with Gasteiger partial charge in [-0.2, -0.15) is 0 Å². The van der Waals surface area contributed by atoms with Gasteiger partial charge in [-0.1, -0.05) is 91.0 Å². The first-order chi connectivity index (χ1) is 17.9. The molecule has 0 atom stereocenters. The van der Waals surface area contributed by atoms with E-state index < -0.39 is 0 Å². The minimum atomic E-state index is 0.490. The Morgan fingerprint density at radius 3 is 1.47 bits per heavy atom. The first-order valence-corrected chi connectivity index (χ1v) is 11.7. The van der Waals surface area contributed by atoms with Crippen molar-refractivity contribution in [1.82, 2.24) is 30.4 Å². The molecule has 0 amide bonds. The van der Waals surface area contributed by atoms with Crippen molar-refractivity contribution in [3.05, 3.63) is 109 Å². The Morgan fingerprint density at radius 1 is 0.417 bits per heavy atom. The second kappa shape index (κ2) is 8.29. The third kappa shape index (κ3) is 3.20. The molecule has 0 spiro atoms. The highest BCUT2D eigenvalue weighted by molar-refractivity contribution is 6.21. The van der Waals surface area contributed by atoms with Crippen molar-refractivity contribution < 1.29 is 0 Å². The van der Waals surface area contributed by atoms with Gasteiger partial charge in [0, 0.05) is 16.7 Å². The van der Waals surface area contributed by atoms with Crippen molar-refractivity contribution in [2.45, 2.75) is 0 Å². The van der Waals surface area contributed by atoms with Crippen LogP contribution in [0, 0.1) is 0 Å². The molecule has 0 N–H and O–H groups in total. The molecule has 7 aromatic rings. The van der Waals surface area contributed by atoms with E-state index in [1.807, 2.05) is 66.7 Å². The van der Waals surface area contributed by atoms with E-state index in [2.05, 4.69) is 56.8 Å². The lowest BCUT2D eigenvalue weighted by molar-refractivity contribution is 0.866. The summed E-state index contributed by atoms with van der Waals surface area (Å²) in [4.78, 5) is 10.3. The summed E-state index contributed by atoms with van der Waals surface area (Å²) in [6.07, 6.45) is 1.35. The summed E-state index contributed by atoms with van der Waals surface area (Å²) in [5.41, 5.74) is 6.34. The zero-order valence-corrected chi connectivity index (χ0v) is 19.1. The molecule has 168 valence electrons. The topological polar surface area (TPSA) is 77.3 Å². The monoisotopic (exact) mass is 462 g/mol. The number of benzene rings is 5. The molecule has 5 aromatic carbocycles. The van der Waals surface area contributed by atoms with Crippen LogP contribution in [0.4, 0.5) is 0 Å². The Morgan fingerprint density at radius 2 is 0.889 bits per heavy atom. The Balaban J connectivity index is 1.68. The highest BCUT2D eigenvalue weighted by Crippen LogP contribution is 2.44. The van der Waals surface area contributed by atoms with Crippen molar-refractivity contribution >= 4 is 32.6 Å². The van der Waals surface area contributed by atoms with Gasteiger partial charge < -0.3 is 0 Å². The molecule has 6 heteroatoms. The summed E-state index contributed by atoms with van der Waals surface area (Å²) in [5, 5.41) is 20.7. The summed E-state index contributed by atoms with van der Waals surface area (Å²) < 4.78 is 0. The smallest absolute Gasteiger partial charge is 0.204 e. The van der Waals surface area contributed by atoms with Crippen LogP contribution in [0.3, 0.4) is 0 Å². The summed E-state index contributed by atoms with van der Waals surface area (Å²) in [6.45, 7) is 0. The maximum absolute atomic E-state index is 5.21. The van der Waals surface area contributed by atoms with E-state index in [-0.39, 0.29) is 0 Å². The Hall–Kier alpha value is -5.10.